The lowest BCUT2D eigenvalue weighted by atomic mass is 10.1. The Balaban J connectivity index is 1.97. The lowest BCUT2D eigenvalue weighted by molar-refractivity contribution is -0.123. The van der Waals surface area contributed by atoms with Crippen LogP contribution in [0, 0.1) is 0 Å². The van der Waals surface area contributed by atoms with Crippen molar-refractivity contribution in [2.75, 3.05) is 12.0 Å². The molecule has 0 fully saturated rings. The fourth-order valence-corrected chi connectivity index (χ4v) is 2.76. The topological polar surface area (TPSA) is 71.3 Å². The zero-order valence-electron chi connectivity index (χ0n) is 13.3. The third-order valence-electron chi connectivity index (χ3n) is 3.39. The number of amides is 2. The fraction of sp³-hybridized carbons (Fsp3) is 0.294. The Bertz CT molecular complexity index is 676. The fourth-order valence-electron chi connectivity index (χ4n) is 2.09. The second kappa shape index (κ2) is 9.39. The van der Waals surface area contributed by atoms with E-state index < -0.39 is 11.9 Å². The summed E-state index contributed by atoms with van der Waals surface area (Å²) in [6.45, 7) is 0.310. The highest BCUT2D eigenvalue weighted by Crippen LogP contribution is 2.14. The number of carbonyl (C=O) groups excluding carboxylic acids is 2. The van der Waals surface area contributed by atoms with E-state index in [4.69, 9.17) is 16.0 Å². The van der Waals surface area contributed by atoms with Crippen molar-refractivity contribution in [3.05, 3.63) is 59.0 Å². The van der Waals surface area contributed by atoms with Crippen molar-refractivity contribution in [1.82, 2.24) is 10.6 Å². The van der Waals surface area contributed by atoms with Crippen LogP contribution in [0.4, 0.5) is 0 Å². The van der Waals surface area contributed by atoms with Gasteiger partial charge in [0.2, 0.25) is 5.91 Å². The van der Waals surface area contributed by atoms with Gasteiger partial charge in [-0.15, -0.1) is 0 Å². The van der Waals surface area contributed by atoms with Crippen LogP contribution in [0.2, 0.25) is 5.02 Å². The van der Waals surface area contributed by atoms with Crippen LogP contribution in [0.25, 0.3) is 0 Å². The van der Waals surface area contributed by atoms with E-state index in [2.05, 4.69) is 10.6 Å². The molecule has 0 saturated carbocycles. The van der Waals surface area contributed by atoms with Gasteiger partial charge in [-0.2, -0.15) is 11.8 Å². The molecule has 7 heteroatoms. The van der Waals surface area contributed by atoms with Gasteiger partial charge in [-0.05, 0) is 42.2 Å². The third kappa shape index (κ3) is 5.32. The predicted octanol–water partition coefficient (Wildman–Crippen LogP) is 3.10. The van der Waals surface area contributed by atoms with Crippen molar-refractivity contribution < 1.29 is 14.0 Å². The molecule has 0 aliphatic rings. The first-order valence-corrected chi connectivity index (χ1v) is 9.23. The van der Waals surface area contributed by atoms with Crippen LogP contribution in [0.1, 0.15) is 22.5 Å². The summed E-state index contributed by atoms with van der Waals surface area (Å²) >= 11 is 7.70. The van der Waals surface area contributed by atoms with E-state index in [1.807, 2.05) is 24.5 Å². The first-order chi connectivity index (χ1) is 11.6. The zero-order valence-corrected chi connectivity index (χ0v) is 14.8. The van der Waals surface area contributed by atoms with Crippen molar-refractivity contribution in [1.29, 1.82) is 0 Å². The maximum absolute atomic E-state index is 12.4. The molecule has 0 aliphatic heterocycles. The van der Waals surface area contributed by atoms with E-state index in [0.29, 0.717) is 18.0 Å². The molecule has 1 atom stereocenters. The third-order valence-corrected chi connectivity index (χ3v) is 4.40. The van der Waals surface area contributed by atoms with Gasteiger partial charge in [-0.25, -0.2) is 0 Å². The molecule has 1 aromatic carbocycles. The van der Waals surface area contributed by atoms with Gasteiger partial charge in [0.15, 0.2) is 5.76 Å². The van der Waals surface area contributed by atoms with Crippen LogP contribution in [-0.4, -0.2) is 29.9 Å². The van der Waals surface area contributed by atoms with Gasteiger partial charge in [0.05, 0.1) is 6.26 Å². The van der Waals surface area contributed by atoms with Gasteiger partial charge in [-0.3, -0.25) is 9.59 Å². The number of thioether (sulfide) groups is 1. The molecule has 0 aliphatic carbocycles. The smallest absolute Gasteiger partial charge is 0.287 e. The molecule has 2 N–H and O–H groups in total. The lowest BCUT2D eigenvalue weighted by Gasteiger charge is -2.18. The number of hydrogen-bond acceptors (Lipinski definition) is 4. The molecule has 24 heavy (non-hydrogen) atoms. The van der Waals surface area contributed by atoms with Crippen molar-refractivity contribution in [3.8, 4) is 0 Å². The van der Waals surface area contributed by atoms with E-state index in [1.165, 1.54) is 6.26 Å². The van der Waals surface area contributed by atoms with E-state index in [9.17, 15) is 9.59 Å². The summed E-state index contributed by atoms with van der Waals surface area (Å²) in [5.74, 6) is 0.286. The van der Waals surface area contributed by atoms with Gasteiger partial charge in [0, 0.05) is 11.6 Å². The van der Waals surface area contributed by atoms with Gasteiger partial charge in [-0.1, -0.05) is 29.8 Å². The molecule has 1 heterocycles. The number of carbonyl (C=O) groups is 2. The van der Waals surface area contributed by atoms with Gasteiger partial charge in [0.1, 0.15) is 6.04 Å². The highest BCUT2D eigenvalue weighted by Gasteiger charge is 2.22. The number of halogens is 1. The summed E-state index contributed by atoms with van der Waals surface area (Å²) in [6.07, 6.45) is 3.90. The number of furan rings is 1. The van der Waals surface area contributed by atoms with Crippen LogP contribution in [0.5, 0.6) is 0 Å². The molecule has 1 aromatic heterocycles. The molecule has 2 amide bonds. The largest absolute Gasteiger partial charge is 0.459 e. The summed E-state index contributed by atoms with van der Waals surface area (Å²) in [7, 11) is 0. The monoisotopic (exact) mass is 366 g/mol. The van der Waals surface area contributed by atoms with Crippen LogP contribution >= 0.6 is 23.4 Å². The van der Waals surface area contributed by atoms with Gasteiger partial charge in [0.25, 0.3) is 5.91 Å². The van der Waals surface area contributed by atoms with Gasteiger partial charge < -0.3 is 15.1 Å². The molecule has 5 nitrogen and oxygen atoms in total. The van der Waals surface area contributed by atoms with E-state index in [1.54, 1.807) is 30.0 Å². The molecule has 0 radical (unpaired) electrons. The van der Waals surface area contributed by atoms with Crippen molar-refractivity contribution >= 4 is 35.2 Å². The lowest BCUT2D eigenvalue weighted by Crippen LogP contribution is -2.46. The summed E-state index contributed by atoms with van der Waals surface area (Å²) in [4.78, 5) is 24.5. The second-order valence-electron chi connectivity index (χ2n) is 5.09. The Kier molecular flexibility index (Phi) is 7.21. The van der Waals surface area contributed by atoms with Crippen molar-refractivity contribution in [3.63, 3.8) is 0 Å². The Hall–Kier alpha value is -1.92. The highest BCUT2D eigenvalue weighted by molar-refractivity contribution is 7.98. The molecule has 1 unspecified atom stereocenters. The van der Waals surface area contributed by atoms with Crippen LogP contribution in [-0.2, 0) is 11.3 Å². The molecular formula is C17H19ClN2O3S. The second-order valence-corrected chi connectivity index (χ2v) is 6.49. The average Bonchev–Trinajstić information content (AvgIpc) is 3.12. The standard InChI is InChI=1S/C17H19ClN2O3S/c1-24-10-8-14(20-17(22)15-7-4-9-23-15)16(21)19-11-12-5-2-3-6-13(12)18/h2-7,9,14H,8,10-11H2,1H3,(H,19,21)(H,20,22). The maximum atomic E-state index is 12.4. The number of hydrogen-bond donors (Lipinski definition) is 2. The van der Waals surface area contributed by atoms with Crippen molar-refractivity contribution in [2.24, 2.45) is 0 Å². The Labute approximate surface area is 150 Å². The first-order valence-electron chi connectivity index (χ1n) is 7.46. The molecule has 0 spiro atoms. The molecular weight excluding hydrogens is 348 g/mol. The normalized spacial score (nSPS) is 11.8. The predicted molar refractivity (Wildman–Crippen MR) is 96.3 cm³/mol. The van der Waals surface area contributed by atoms with E-state index in [-0.39, 0.29) is 11.7 Å². The minimum absolute atomic E-state index is 0.183. The number of benzene rings is 1. The average molecular weight is 367 g/mol. The molecule has 128 valence electrons. The minimum atomic E-state index is -0.627. The first kappa shape index (κ1) is 18.4. The Morgan fingerprint density at radius 3 is 2.71 bits per heavy atom. The van der Waals surface area contributed by atoms with Gasteiger partial charge >= 0.3 is 0 Å². The van der Waals surface area contributed by atoms with E-state index >= 15 is 0 Å². The quantitative estimate of drug-likeness (QED) is 0.753. The number of nitrogens with one attached hydrogen (secondary N) is 2. The maximum Gasteiger partial charge on any atom is 0.287 e. The van der Waals surface area contributed by atoms with Crippen LogP contribution in [0.3, 0.4) is 0 Å². The summed E-state index contributed by atoms with van der Waals surface area (Å²) in [6, 6.07) is 9.87. The summed E-state index contributed by atoms with van der Waals surface area (Å²) < 4.78 is 5.06. The SMILES string of the molecule is CSCCC(NC(=O)c1ccco1)C(=O)NCc1ccccc1Cl. The molecule has 2 rings (SSSR count). The summed E-state index contributed by atoms with van der Waals surface area (Å²) in [5.41, 5.74) is 0.827. The zero-order chi connectivity index (χ0) is 17.4. The van der Waals surface area contributed by atoms with Crippen molar-refractivity contribution in [2.45, 2.75) is 19.0 Å². The van der Waals surface area contributed by atoms with Crippen LogP contribution < -0.4 is 10.6 Å². The Morgan fingerprint density at radius 1 is 1.25 bits per heavy atom. The Morgan fingerprint density at radius 2 is 2.04 bits per heavy atom. The minimum Gasteiger partial charge on any atom is -0.459 e. The number of rotatable bonds is 8. The van der Waals surface area contributed by atoms with E-state index in [0.717, 1.165) is 11.3 Å². The summed E-state index contributed by atoms with van der Waals surface area (Å²) in [5, 5.41) is 6.13. The van der Waals surface area contributed by atoms with Crippen LogP contribution in [0.15, 0.2) is 47.1 Å². The highest BCUT2D eigenvalue weighted by atomic mass is 35.5. The molecule has 0 saturated heterocycles. The molecule has 2 aromatic rings. The molecule has 0 bridgehead atoms.